The van der Waals surface area contributed by atoms with Crippen LogP contribution in [0.2, 0.25) is 0 Å². The van der Waals surface area contributed by atoms with Crippen LogP contribution in [0.4, 0.5) is 0 Å². The van der Waals surface area contributed by atoms with Gasteiger partial charge in [0.2, 0.25) is 5.79 Å². The molecule has 0 aromatic heterocycles. The van der Waals surface area contributed by atoms with E-state index < -0.39 is 11.6 Å². The van der Waals surface area contributed by atoms with E-state index in [1.807, 2.05) is 32.0 Å². The molecular formula is C18H23BrO4. The topological polar surface area (TPSA) is 36.9 Å². The molecule has 0 radical (unpaired) electrons. The Morgan fingerprint density at radius 2 is 1.91 bits per heavy atom. The number of hydrogen-bond acceptors (Lipinski definition) is 4. The van der Waals surface area contributed by atoms with Crippen molar-refractivity contribution in [1.29, 1.82) is 0 Å². The molecule has 2 aliphatic heterocycles. The molecule has 1 aromatic carbocycles. The summed E-state index contributed by atoms with van der Waals surface area (Å²) < 4.78 is 26.1. The standard InChI is InChI=1S/C18H23BrO4/c1-16(2)8-14-15(23-17(3,4)21-14)18(10-16)20-9-11-7-12(19)5-6-13(11)22-18/h5-7,14-15H,8-10H2,1-4H3/t14-,15-,18+/m1/s1. The predicted octanol–water partition coefficient (Wildman–Crippen LogP) is 4.39. The highest BCUT2D eigenvalue weighted by atomic mass is 79.9. The van der Waals surface area contributed by atoms with E-state index in [0.29, 0.717) is 6.61 Å². The van der Waals surface area contributed by atoms with Crippen LogP contribution >= 0.6 is 15.9 Å². The number of benzene rings is 1. The monoisotopic (exact) mass is 382 g/mol. The van der Waals surface area contributed by atoms with E-state index in [1.54, 1.807) is 0 Å². The second-order valence-electron chi connectivity index (χ2n) is 8.09. The predicted molar refractivity (Wildman–Crippen MR) is 89.1 cm³/mol. The second-order valence-corrected chi connectivity index (χ2v) is 9.01. The number of halogens is 1. The minimum absolute atomic E-state index is 0.00857. The van der Waals surface area contributed by atoms with Gasteiger partial charge in [0.1, 0.15) is 5.75 Å². The minimum atomic E-state index is -0.777. The quantitative estimate of drug-likeness (QED) is 0.666. The zero-order chi connectivity index (χ0) is 16.5. The molecule has 1 saturated heterocycles. The molecule has 4 rings (SSSR count). The van der Waals surface area contributed by atoms with E-state index in [-0.39, 0.29) is 17.6 Å². The molecule has 2 heterocycles. The SMILES string of the molecule is CC1(C)C[C@H]2OC(C)(C)O[C@H]2[C@@]2(C1)OCc1cc(Br)ccc1O2. The van der Waals surface area contributed by atoms with Crippen molar-refractivity contribution in [2.75, 3.05) is 0 Å². The van der Waals surface area contributed by atoms with Crippen molar-refractivity contribution in [3.8, 4) is 5.75 Å². The lowest BCUT2D eigenvalue weighted by Gasteiger charge is -2.50. The molecule has 1 aliphatic carbocycles. The summed E-state index contributed by atoms with van der Waals surface area (Å²) in [5, 5.41) is 0. The van der Waals surface area contributed by atoms with Crippen LogP contribution in [0.15, 0.2) is 22.7 Å². The first-order valence-electron chi connectivity index (χ1n) is 8.15. The summed E-state index contributed by atoms with van der Waals surface area (Å²) in [6, 6.07) is 6.05. The van der Waals surface area contributed by atoms with Crippen molar-refractivity contribution in [2.24, 2.45) is 5.41 Å². The Morgan fingerprint density at radius 1 is 1.13 bits per heavy atom. The van der Waals surface area contributed by atoms with Crippen LogP contribution in [0, 0.1) is 5.41 Å². The van der Waals surface area contributed by atoms with Gasteiger partial charge in [-0.3, -0.25) is 0 Å². The summed E-state index contributed by atoms with van der Waals surface area (Å²) in [6.07, 6.45) is 1.52. The first-order valence-corrected chi connectivity index (χ1v) is 8.95. The zero-order valence-corrected chi connectivity index (χ0v) is 15.6. The fraction of sp³-hybridized carbons (Fsp3) is 0.667. The molecule has 5 heteroatoms. The normalized spacial score (nSPS) is 37.1. The largest absolute Gasteiger partial charge is 0.459 e. The van der Waals surface area contributed by atoms with Crippen LogP contribution in [-0.2, 0) is 20.8 Å². The van der Waals surface area contributed by atoms with Gasteiger partial charge in [-0.1, -0.05) is 29.8 Å². The Labute approximate surface area is 145 Å². The average molecular weight is 383 g/mol. The number of fused-ring (bicyclic) bond motifs is 3. The molecule has 1 spiro atoms. The maximum atomic E-state index is 6.41. The van der Waals surface area contributed by atoms with Crippen molar-refractivity contribution in [2.45, 2.75) is 70.9 Å². The van der Waals surface area contributed by atoms with Crippen LogP contribution in [0.3, 0.4) is 0 Å². The highest BCUT2D eigenvalue weighted by molar-refractivity contribution is 9.10. The van der Waals surface area contributed by atoms with Gasteiger partial charge in [0, 0.05) is 16.5 Å². The molecule has 0 amide bonds. The molecule has 3 atom stereocenters. The fourth-order valence-corrected chi connectivity index (χ4v) is 4.55. The van der Waals surface area contributed by atoms with Crippen LogP contribution in [-0.4, -0.2) is 23.8 Å². The third kappa shape index (κ3) is 2.72. The van der Waals surface area contributed by atoms with E-state index >= 15 is 0 Å². The second kappa shape index (κ2) is 4.94. The van der Waals surface area contributed by atoms with Gasteiger partial charge < -0.3 is 18.9 Å². The molecule has 0 unspecified atom stereocenters. The first kappa shape index (κ1) is 15.9. The Bertz CT molecular complexity index is 642. The molecule has 0 N–H and O–H groups in total. The third-order valence-corrected chi connectivity index (χ3v) is 5.37. The van der Waals surface area contributed by atoms with E-state index in [0.717, 1.165) is 28.6 Å². The van der Waals surface area contributed by atoms with Gasteiger partial charge in [0.25, 0.3) is 0 Å². The summed E-state index contributed by atoms with van der Waals surface area (Å²) >= 11 is 3.50. The van der Waals surface area contributed by atoms with Gasteiger partial charge in [-0.25, -0.2) is 0 Å². The lowest BCUT2D eigenvalue weighted by Crippen LogP contribution is -2.61. The van der Waals surface area contributed by atoms with Crippen LogP contribution in [0.1, 0.15) is 46.1 Å². The smallest absolute Gasteiger partial charge is 0.240 e. The molecule has 1 saturated carbocycles. The Morgan fingerprint density at radius 3 is 2.70 bits per heavy atom. The maximum Gasteiger partial charge on any atom is 0.240 e. The van der Waals surface area contributed by atoms with Crippen LogP contribution in [0.5, 0.6) is 5.75 Å². The Hall–Kier alpha value is -0.620. The van der Waals surface area contributed by atoms with Crippen molar-refractivity contribution < 1.29 is 18.9 Å². The molecule has 1 aromatic rings. The summed E-state index contributed by atoms with van der Waals surface area (Å²) in [5.74, 6) is -0.500. The van der Waals surface area contributed by atoms with Crippen molar-refractivity contribution in [1.82, 2.24) is 0 Å². The summed E-state index contributed by atoms with van der Waals surface area (Å²) in [5.41, 5.74) is 1.13. The maximum absolute atomic E-state index is 6.41. The highest BCUT2D eigenvalue weighted by Crippen LogP contribution is 2.52. The van der Waals surface area contributed by atoms with Crippen molar-refractivity contribution in [3.63, 3.8) is 0 Å². The van der Waals surface area contributed by atoms with Crippen LogP contribution < -0.4 is 4.74 Å². The summed E-state index contributed by atoms with van der Waals surface area (Å²) in [7, 11) is 0. The summed E-state index contributed by atoms with van der Waals surface area (Å²) in [4.78, 5) is 0. The van der Waals surface area contributed by atoms with Gasteiger partial charge in [-0.2, -0.15) is 0 Å². The summed E-state index contributed by atoms with van der Waals surface area (Å²) in [6.45, 7) is 8.92. The molecule has 23 heavy (non-hydrogen) atoms. The van der Waals surface area contributed by atoms with E-state index in [2.05, 4.69) is 29.8 Å². The fourth-order valence-electron chi connectivity index (χ4n) is 4.15. The van der Waals surface area contributed by atoms with Crippen molar-refractivity contribution in [3.05, 3.63) is 28.2 Å². The Kier molecular flexibility index (Phi) is 3.41. The van der Waals surface area contributed by atoms with Crippen molar-refractivity contribution >= 4 is 15.9 Å². The average Bonchev–Trinajstić information content (AvgIpc) is 2.73. The van der Waals surface area contributed by atoms with Gasteiger partial charge in [-0.05, 0) is 43.9 Å². The van der Waals surface area contributed by atoms with Gasteiger partial charge in [0.05, 0.1) is 12.7 Å². The van der Waals surface area contributed by atoms with E-state index in [4.69, 9.17) is 18.9 Å². The van der Waals surface area contributed by atoms with Gasteiger partial charge in [-0.15, -0.1) is 0 Å². The zero-order valence-electron chi connectivity index (χ0n) is 14.0. The first-order chi connectivity index (χ1) is 10.7. The molecule has 0 bridgehead atoms. The van der Waals surface area contributed by atoms with E-state index in [9.17, 15) is 0 Å². The molecule has 3 aliphatic rings. The highest BCUT2D eigenvalue weighted by Gasteiger charge is 2.62. The molecule has 2 fully saturated rings. The molecular weight excluding hydrogens is 360 g/mol. The lowest BCUT2D eigenvalue weighted by molar-refractivity contribution is -0.295. The van der Waals surface area contributed by atoms with Gasteiger partial charge >= 0.3 is 0 Å². The Balaban J connectivity index is 1.72. The molecule has 126 valence electrons. The number of ether oxygens (including phenoxy) is 4. The number of hydrogen-bond donors (Lipinski definition) is 0. The number of rotatable bonds is 0. The molecule has 4 nitrogen and oxygen atoms in total. The lowest BCUT2D eigenvalue weighted by atomic mass is 9.71. The minimum Gasteiger partial charge on any atom is -0.459 e. The van der Waals surface area contributed by atoms with Crippen LogP contribution in [0.25, 0.3) is 0 Å². The van der Waals surface area contributed by atoms with E-state index in [1.165, 1.54) is 0 Å². The third-order valence-electron chi connectivity index (χ3n) is 4.87. The van der Waals surface area contributed by atoms with Gasteiger partial charge in [0.15, 0.2) is 11.9 Å².